The first-order valence-corrected chi connectivity index (χ1v) is 34.4. The lowest BCUT2D eigenvalue weighted by atomic mass is 10.0. The highest BCUT2D eigenvalue weighted by atomic mass is 16.5. The van der Waals surface area contributed by atoms with E-state index in [-0.39, 0.29) is 19.2 Å². The summed E-state index contributed by atoms with van der Waals surface area (Å²) in [6.07, 6.45) is 1.99. The predicted octanol–water partition coefficient (Wildman–Crippen LogP) is 4.97. The summed E-state index contributed by atoms with van der Waals surface area (Å²) in [6, 6.07) is 0. The monoisotopic (exact) mass is 1320 g/mol. The predicted molar refractivity (Wildman–Crippen MR) is 383 cm³/mol. The molecule has 0 unspecified atom stereocenters. The molecule has 0 aliphatic rings. The number of rotatable bonds is 43. The number of carbonyl (C=O) groups is 1. The van der Waals surface area contributed by atoms with E-state index in [0.29, 0.717) is 39.5 Å². The average molecular weight is 1320 g/mol. The normalized spacial score (nSPS) is 12.4. The van der Waals surface area contributed by atoms with Gasteiger partial charge in [0.05, 0.1) is 280 Å². The summed E-state index contributed by atoms with van der Waals surface area (Å²) < 4.78 is 51.5. The minimum absolute atomic E-state index is 0.0417. The van der Waals surface area contributed by atoms with Crippen LogP contribution in [0.4, 0.5) is 0 Å². The van der Waals surface area contributed by atoms with Crippen LogP contribution < -0.4 is 5.73 Å². The standard InChI is InChI=1S/C18H42N2O2.C12H30N2O2.C8H20NO2.C7H16NO2.C7H18N.C6H16NO.C6H16N.C5H13NO2/c1-7-19(8-2,9-3)13-15-21-17-18-22-16-14-20(10-4,11-5)12-6;1-13(2,3)7-9-15-11-12-16-10-8-14(4,5)6;1-9(2,3)5-6-11-8-7-10-4;1-7(9)10-6-5-8(2,3)4;1-7(2)6-8(3,4)5;1-7(2,3)5-6-8-4;1-5-6-7(2,3)4;1-2-5(6,3-7)4-8/h7-18H2,1-6H3;7-12H2,1-6H3;5-8H2,1-4H3;5-6H2,1-4H3;7H,6H2,1-5H3;5-6H2,1-4H3;5-6H2,1-4H3;7-8H,2-4,6H2,1H3/q2*+2;5*+1;/p+1. The van der Waals surface area contributed by atoms with E-state index in [1.54, 1.807) is 14.2 Å². The molecule has 0 radical (unpaired) electrons. The van der Waals surface area contributed by atoms with Crippen LogP contribution in [-0.4, -0.2) is 422 Å². The van der Waals surface area contributed by atoms with Crippen LogP contribution in [0.25, 0.3) is 0 Å². The molecule has 0 aliphatic carbocycles. The van der Waals surface area contributed by atoms with Crippen LogP contribution in [-0.2, 0) is 42.7 Å². The molecule has 0 aromatic rings. The number of methoxy groups -OCH3 is 2. The van der Waals surface area contributed by atoms with Gasteiger partial charge in [0.25, 0.3) is 0 Å². The Bertz CT molecular complexity index is 1410. The minimum Gasteiger partial charge on any atom is -0.460 e. The quantitative estimate of drug-likeness (QED) is 0.0431. The van der Waals surface area contributed by atoms with E-state index in [0.717, 1.165) is 145 Å². The smallest absolute Gasteiger partial charge is 0.302 e. The third kappa shape index (κ3) is 97.8. The van der Waals surface area contributed by atoms with Gasteiger partial charge in [-0.1, -0.05) is 27.7 Å². The summed E-state index contributed by atoms with van der Waals surface area (Å²) in [4.78, 5) is 10.3. The van der Waals surface area contributed by atoms with Crippen molar-refractivity contribution < 1.29 is 99.0 Å². The van der Waals surface area contributed by atoms with Gasteiger partial charge < -0.3 is 94.2 Å². The highest BCUT2D eigenvalue weighted by molar-refractivity contribution is 5.65. The van der Waals surface area contributed by atoms with Crippen LogP contribution in [0.1, 0.15) is 89.0 Å². The molecule has 90 heavy (non-hydrogen) atoms. The molecule has 0 aliphatic heterocycles. The van der Waals surface area contributed by atoms with Crippen molar-refractivity contribution in [1.29, 1.82) is 0 Å². The average Bonchev–Trinajstić information content (AvgIpc) is 3.62. The van der Waals surface area contributed by atoms with Gasteiger partial charge in [0.2, 0.25) is 0 Å². The summed E-state index contributed by atoms with van der Waals surface area (Å²) >= 11 is 0. The van der Waals surface area contributed by atoms with E-state index in [1.165, 1.54) is 65.7 Å². The van der Waals surface area contributed by atoms with E-state index in [2.05, 4.69) is 216 Å². The lowest BCUT2D eigenvalue weighted by molar-refractivity contribution is -0.923. The Balaban J connectivity index is -0.000000147. The molecular weight excluding hydrogens is 1140 g/mol. The Morgan fingerprint density at radius 1 is 0.367 bits per heavy atom. The maximum absolute atomic E-state index is 10.3. The van der Waals surface area contributed by atoms with Crippen LogP contribution in [0.5, 0.6) is 0 Å². The Hall–Kier alpha value is -1.29. The van der Waals surface area contributed by atoms with E-state index in [4.69, 9.17) is 48.1 Å². The fourth-order valence-corrected chi connectivity index (χ4v) is 7.58. The Morgan fingerprint density at radius 2 is 0.611 bits per heavy atom. The SMILES string of the molecule is CC(=O)OCC[N+](C)(C)C.CC(C)C[N+](C)(C)C.CCC([NH3+])(CO)CO.CCC[N+](C)(C)C.CC[N+](CC)(CC)CCOCCOCC[N+](CC)(CC)CC.COCCOCC[N+](C)(C)C.COCC[N+](C)(C)C.C[N+](C)(C)CCOCCOCC[N+](C)(C)C. The number of ether oxygens (including phenoxy) is 8. The van der Waals surface area contributed by atoms with Gasteiger partial charge in [-0.2, -0.15) is 0 Å². The number of hydrogen-bond acceptors (Lipinski definition) is 11. The van der Waals surface area contributed by atoms with Gasteiger partial charge in [-0.25, -0.2) is 0 Å². The summed E-state index contributed by atoms with van der Waals surface area (Å²) in [7, 11) is 48.8. The molecule has 0 saturated carbocycles. The van der Waals surface area contributed by atoms with Crippen molar-refractivity contribution in [3.05, 3.63) is 0 Å². The van der Waals surface area contributed by atoms with E-state index in [9.17, 15) is 4.79 Å². The number of nitrogens with zero attached hydrogens (tertiary/aromatic N) is 9. The second-order valence-corrected chi connectivity index (χ2v) is 31.5. The third-order valence-electron chi connectivity index (χ3n) is 14.6. The van der Waals surface area contributed by atoms with Crippen molar-refractivity contribution in [2.24, 2.45) is 5.92 Å². The molecule has 554 valence electrons. The van der Waals surface area contributed by atoms with E-state index < -0.39 is 5.54 Å². The first-order valence-electron chi connectivity index (χ1n) is 34.4. The molecule has 0 spiro atoms. The van der Waals surface area contributed by atoms with Gasteiger partial charge in [0, 0.05) is 33.5 Å². The first kappa shape index (κ1) is 105. The Morgan fingerprint density at radius 3 is 0.756 bits per heavy atom. The molecule has 0 heterocycles. The van der Waals surface area contributed by atoms with Gasteiger partial charge in [0.15, 0.2) is 0 Å². The summed E-state index contributed by atoms with van der Waals surface area (Å²) in [6.45, 7) is 50.3. The van der Waals surface area contributed by atoms with E-state index >= 15 is 0 Å². The number of quaternary nitrogens is 10. The Labute approximate surface area is 562 Å². The van der Waals surface area contributed by atoms with Crippen LogP contribution in [0.15, 0.2) is 0 Å². The molecule has 0 aromatic heterocycles. The fraction of sp³-hybridized carbons (Fsp3) is 0.986. The molecule has 0 bridgehead atoms. The number of esters is 1. The maximum Gasteiger partial charge on any atom is 0.302 e. The lowest BCUT2D eigenvalue weighted by Gasteiger charge is -2.35. The zero-order valence-electron chi connectivity index (χ0n) is 67.5. The van der Waals surface area contributed by atoms with Crippen LogP contribution in [0.2, 0.25) is 0 Å². The number of aliphatic hydroxyl groups excluding tert-OH is 2. The van der Waals surface area contributed by atoms with Gasteiger partial charge in [0.1, 0.15) is 71.2 Å². The lowest BCUT2D eigenvalue weighted by Crippen LogP contribution is -2.76. The summed E-state index contributed by atoms with van der Waals surface area (Å²) in [5.74, 6) is 0.614. The highest BCUT2D eigenvalue weighted by Crippen LogP contribution is 2.07. The topological polar surface area (TPSA) is 159 Å². The zero-order valence-corrected chi connectivity index (χ0v) is 67.5. The van der Waals surface area contributed by atoms with Crippen molar-refractivity contribution in [3.8, 4) is 0 Å². The molecule has 5 N–H and O–H groups in total. The molecule has 0 aromatic carbocycles. The summed E-state index contributed by atoms with van der Waals surface area (Å²) in [5.41, 5.74) is 3.11. The van der Waals surface area contributed by atoms with Crippen molar-refractivity contribution in [3.63, 3.8) is 0 Å². The van der Waals surface area contributed by atoms with Gasteiger partial charge in [-0.3, -0.25) is 4.79 Å². The molecule has 21 nitrogen and oxygen atoms in total. The van der Waals surface area contributed by atoms with Crippen molar-refractivity contribution >= 4 is 5.97 Å². The third-order valence-corrected chi connectivity index (χ3v) is 14.6. The molecule has 0 saturated heterocycles. The van der Waals surface area contributed by atoms with E-state index in [1.807, 2.05) is 6.92 Å². The molecule has 21 heteroatoms. The highest BCUT2D eigenvalue weighted by Gasteiger charge is 2.24. The largest absolute Gasteiger partial charge is 0.460 e. The first-order chi connectivity index (χ1) is 41.0. The van der Waals surface area contributed by atoms with Crippen molar-refractivity contribution in [2.45, 2.75) is 94.5 Å². The second-order valence-electron chi connectivity index (χ2n) is 31.5. The van der Waals surface area contributed by atoms with Crippen molar-refractivity contribution in [1.82, 2.24) is 0 Å². The van der Waals surface area contributed by atoms with Crippen LogP contribution in [0.3, 0.4) is 0 Å². The second kappa shape index (κ2) is 60.1. The number of hydrogen-bond donors (Lipinski definition) is 3. The molecule has 0 fully saturated rings. The van der Waals surface area contributed by atoms with Gasteiger partial charge in [-0.05, 0) is 48.0 Å². The molecule has 0 rings (SSSR count). The minimum atomic E-state index is -0.514. The molecular formula is C69H172N10O11+10. The summed E-state index contributed by atoms with van der Waals surface area (Å²) in [5, 5.41) is 17.1. The van der Waals surface area contributed by atoms with Crippen LogP contribution in [0, 0.1) is 5.92 Å². The van der Waals surface area contributed by atoms with Crippen LogP contribution >= 0.6 is 0 Å². The zero-order chi connectivity index (χ0) is 72.4. The number of aliphatic hydroxyl groups is 2. The maximum atomic E-state index is 10.3. The fourth-order valence-electron chi connectivity index (χ4n) is 7.58. The Kier molecular flexibility index (Phi) is 70.0. The van der Waals surface area contributed by atoms with Gasteiger partial charge in [-0.15, -0.1) is 0 Å². The molecule has 0 amide bonds. The van der Waals surface area contributed by atoms with Gasteiger partial charge >= 0.3 is 5.97 Å². The molecule has 0 atom stereocenters. The van der Waals surface area contributed by atoms with Crippen molar-refractivity contribution in [2.75, 3.05) is 359 Å². The number of likely N-dealkylation sites (N-methyl/N-ethyl adjacent to an activating group) is 7. The number of carbonyl (C=O) groups excluding carboxylic acids is 1.